The number of nitrogens with zero attached hydrogens (tertiary/aromatic N) is 4. The normalized spacial score (nSPS) is 12.7. The number of thiophene rings is 1. The van der Waals surface area contributed by atoms with Gasteiger partial charge in [-0.1, -0.05) is 109 Å². The highest BCUT2D eigenvalue weighted by atomic mass is 32.1. The Hall–Kier alpha value is -6.56. The van der Waals surface area contributed by atoms with Gasteiger partial charge in [0.05, 0.1) is 43.5 Å². The quantitative estimate of drug-likeness (QED) is 0.184. The van der Waals surface area contributed by atoms with Crippen LogP contribution >= 0.6 is 11.3 Å². The molecule has 13 aromatic rings. The molecule has 0 saturated heterocycles. The van der Waals surface area contributed by atoms with E-state index >= 15 is 0 Å². The minimum absolute atomic E-state index is 0.695. The molecule has 0 N–H and O–H groups in total. The van der Waals surface area contributed by atoms with Gasteiger partial charge in [0, 0.05) is 48.0 Å². The van der Waals surface area contributed by atoms with Crippen LogP contribution < -0.4 is 0 Å². The minimum atomic E-state index is 0.695. The van der Waals surface area contributed by atoms with Crippen LogP contribution in [-0.2, 0) is 0 Å². The van der Waals surface area contributed by atoms with Gasteiger partial charge >= 0.3 is 0 Å². The smallest absolute Gasteiger partial charge is 0.235 e. The van der Waals surface area contributed by atoms with Crippen LogP contribution in [0.25, 0.3) is 119 Å². The van der Waals surface area contributed by atoms with Crippen molar-refractivity contribution in [2.45, 2.75) is 0 Å². The van der Waals surface area contributed by atoms with Crippen LogP contribution in [0, 0.1) is 0 Å². The first-order valence-electron chi connectivity index (χ1n) is 17.3. The van der Waals surface area contributed by atoms with E-state index in [2.05, 4.69) is 155 Å². The molecule has 0 radical (unpaired) electrons. The molecular formula is C46H24N4S. The monoisotopic (exact) mass is 664 g/mol. The molecule has 0 unspecified atom stereocenters. The van der Waals surface area contributed by atoms with Crippen molar-refractivity contribution in [2.75, 3.05) is 0 Å². The summed E-state index contributed by atoms with van der Waals surface area (Å²) < 4.78 is 7.20. The second kappa shape index (κ2) is 9.16. The van der Waals surface area contributed by atoms with Crippen LogP contribution in [0.15, 0.2) is 146 Å². The SMILES string of the molecule is c1ccc(-c2nc(-n3c4ccc5cccc6c5c4c4c5c(ccc7c8cc9ccccc9cc8n6c75)ccc43)nc3c2sc2ccccc23)cc1. The van der Waals surface area contributed by atoms with Gasteiger partial charge in [-0.3, -0.25) is 4.57 Å². The van der Waals surface area contributed by atoms with Crippen LogP contribution in [-0.4, -0.2) is 18.9 Å². The third kappa shape index (κ3) is 3.21. The van der Waals surface area contributed by atoms with E-state index in [-0.39, 0.29) is 0 Å². The number of aromatic nitrogens is 4. The summed E-state index contributed by atoms with van der Waals surface area (Å²) in [5.74, 6) is 0.695. The fraction of sp³-hybridized carbons (Fsp3) is 0. The molecular weight excluding hydrogens is 641 g/mol. The number of hydrogen-bond acceptors (Lipinski definition) is 3. The molecule has 0 spiro atoms. The molecule has 4 nitrogen and oxygen atoms in total. The Balaban J connectivity index is 1.28. The Morgan fingerprint density at radius 3 is 2.02 bits per heavy atom. The fourth-order valence-electron chi connectivity index (χ4n) is 9.07. The van der Waals surface area contributed by atoms with E-state index in [9.17, 15) is 0 Å². The molecule has 0 bridgehead atoms. The summed E-state index contributed by atoms with van der Waals surface area (Å²) in [6, 6.07) is 53.2. The predicted octanol–water partition coefficient (Wildman–Crippen LogP) is 12.5. The van der Waals surface area contributed by atoms with E-state index in [4.69, 9.17) is 9.97 Å². The van der Waals surface area contributed by atoms with Crippen LogP contribution in [0.1, 0.15) is 0 Å². The second-order valence-corrected chi connectivity index (χ2v) is 14.8. The third-order valence-electron chi connectivity index (χ3n) is 11.2. The van der Waals surface area contributed by atoms with Gasteiger partial charge in [0.15, 0.2) is 0 Å². The van der Waals surface area contributed by atoms with Gasteiger partial charge in [-0.15, -0.1) is 11.3 Å². The largest absolute Gasteiger partial charge is 0.308 e. The molecule has 5 heteroatoms. The molecule has 0 atom stereocenters. The van der Waals surface area contributed by atoms with E-state index in [1.807, 2.05) is 0 Å². The molecule has 5 aromatic heterocycles. The first-order valence-corrected chi connectivity index (χ1v) is 18.2. The Morgan fingerprint density at radius 1 is 0.451 bits per heavy atom. The van der Waals surface area contributed by atoms with Crippen molar-refractivity contribution in [3.8, 4) is 17.2 Å². The van der Waals surface area contributed by atoms with E-state index in [1.165, 1.54) is 75.1 Å². The molecule has 0 amide bonds. The Kier molecular flexibility index (Phi) is 4.73. The number of fused-ring (bicyclic) bond motifs is 8. The third-order valence-corrected chi connectivity index (χ3v) is 12.4. The molecule has 5 heterocycles. The molecule has 0 saturated carbocycles. The number of benzene rings is 8. The van der Waals surface area contributed by atoms with Crippen LogP contribution in [0.4, 0.5) is 0 Å². The summed E-state index contributed by atoms with van der Waals surface area (Å²) in [7, 11) is 0. The highest BCUT2D eigenvalue weighted by Gasteiger charge is 2.26. The topological polar surface area (TPSA) is 35.1 Å². The van der Waals surface area contributed by atoms with Crippen molar-refractivity contribution in [3.05, 3.63) is 146 Å². The van der Waals surface area contributed by atoms with Crippen molar-refractivity contribution in [3.63, 3.8) is 0 Å². The average Bonchev–Trinajstić information content (AvgIpc) is 3.81. The minimum Gasteiger partial charge on any atom is -0.308 e. The second-order valence-electron chi connectivity index (χ2n) is 13.8. The van der Waals surface area contributed by atoms with Crippen molar-refractivity contribution >= 4 is 113 Å². The number of hydrogen-bond donors (Lipinski definition) is 0. The van der Waals surface area contributed by atoms with Crippen molar-refractivity contribution in [2.24, 2.45) is 0 Å². The summed E-state index contributed by atoms with van der Waals surface area (Å²) in [6.45, 7) is 0. The Morgan fingerprint density at radius 2 is 1.16 bits per heavy atom. The zero-order valence-electron chi connectivity index (χ0n) is 27.1. The molecule has 0 fully saturated rings. The predicted molar refractivity (Wildman–Crippen MR) is 216 cm³/mol. The zero-order chi connectivity index (χ0) is 32.9. The summed E-state index contributed by atoms with van der Waals surface area (Å²) in [5.41, 5.74) is 9.01. The standard InChI is InChI=1S/C46H24N4S/c1-2-9-27(10-3-1)42-45-43(31-14-6-7-16-37(31)51-45)48-46(47-42)50-34-21-18-25-13-8-15-33-38(25)40(34)41-35(50)22-19-26-17-20-30-32-23-28-11-4-5-12-29(28)24-36(32)49(33)44(30)39(26)41/h1-24H. The van der Waals surface area contributed by atoms with Gasteiger partial charge in [0.25, 0.3) is 0 Å². The molecule has 234 valence electrons. The lowest BCUT2D eigenvalue weighted by Crippen LogP contribution is -2.03. The van der Waals surface area contributed by atoms with E-state index in [0.29, 0.717) is 5.95 Å². The van der Waals surface area contributed by atoms with Gasteiger partial charge in [0.2, 0.25) is 5.95 Å². The Bertz CT molecular complexity index is 3590. The van der Waals surface area contributed by atoms with Crippen molar-refractivity contribution < 1.29 is 0 Å². The molecule has 8 aromatic carbocycles. The van der Waals surface area contributed by atoms with Gasteiger partial charge in [-0.05, 0) is 57.9 Å². The number of rotatable bonds is 2. The van der Waals surface area contributed by atoms with Gasteiger partial charge in [0.1, 0.15) is 0 Å². The summed E-state index contributed by atoms with van der Waals surface area (Å²) in [6.07, 6.45) is 0. The molecule has 0 aliphatic heterocycles. The lowest BCUT2D eigenvalue weighted by Gasteiger charge is -2.11. The maximum Gasteiger partial charge on any atom is 0.235 e. The van der Waals surface area contributed by atoms with Crippen molar-refractivity contribution in [1.82, 2.24) is 18.9 Å². The summed E-state index contributed by atoms with van der Waals surface area (Å²) in [5, 5.41) is 13.7. The van der Waals surface area contributed by atoms with Gasteiger partial charge in [-0.25, -0.2) is 9.97 Å². The summed E-state index contributed by atoms with van der Waals surface area (Å²) >= 11 is 1.77. The highest BCUT2D eigenvalue weighted by molar-refractivity contribution is 7.26. The first kappa shape index (κ1) is 26.3. The van der Waals surface area contributed by atoms with Gasteiger partial charge in [-0.2, -0.15) is 0 Å². The maximum absolute atomic E-state index is 5.47. The zero-order valence-corrected chi connectivity index (χ0v) is 27.9. The molecule has 0 aliphatic carbocycles. The van der Waals surface area contributed by atoms with E-state index in [1.54, 1.807) is 11.3 Å². The maximum atomic E-state index is 5.47. The first-order chi connectivity index (χ1) is 25.3. The molecule has 0 aliphatic rings. The lowest BCUT2D eigenvalue weighted by molar-refractivity contribution is 1.02. The lowest BCUT2D eigenvalue weighted by atomic mass is 9.98. The van der Waals surface area contributed by atoms with Gasteiger partial charge < -0.3 is 4.40 Å². The highest BCUT2D eigenvalue weighted by Crippen LogP contribution is 2.48. The molecule has 51 heavy (non-hydrogen) atoms. The summed E-state index contributed by atoms with van der Waals surface area (Å²) in [4.78, 5) is 10.9. The van der Waals surface area contributed by atoms with Crippen molar-refractivity contribution in [1.29, 1.82) is 0 Å². The Labute approximate surface area is 293 Å². The van der Waals surface area contributed by atoms with E-state index in [0.717, 1.165) is 37.9 Å². The fourth-order valence-corrected chi connectivity index (χ4v) is 10.2. The van der Waals surface area contributed by atoms with Crippen LogP contribution in [0.2, 0.25) is 0 Å². The van der Waals surface area contributed by atoms with Crippen LogP contribution in [0.5, 0.6) is 0 Å². The molecule has 13 rings (SSSR count). The van der Waals surface area contributed by atoms with E-state index < -0.39 is 0 Å². The van der Waals surface area contributed by atoms with Crippen LogP contribution in [0.3, 0.4) is 0 Å². The average molecular weight is 665 g/mol.